The zero-order valence-electron chi connectivity index (χ0n) is 21.6. The average Bonchev–Trinajstić information content (AvgIpc) is 2.91. The van der Waals surface area contributed by atoms with Crippen LogP contribution in [0.4, 0.5) is 5.69 Å². The number of rotatable bonds is 9. The summed E-state index contributed by atoms with van der Waals surface area (Å²) >= 11 is 0. The zero-order chi connectivity index (χ0) is 25.8. The smallest absolute Gasteiger partial charge is 0.307 e. The summed E-state index contributed by atoms with van der Waals surface area (Å²) in [6, 6.07) is 27.6. The van der Waals surface area contributed by atoms with Crippen molar-refractivity contribution in [1.82, 2.24) is 5.32 Å². The van der Waals surface area contributed by atoms with E-state index in [1.165, 1.54) is 33.4 Å². The minimum absolute atomic E-state index is 0.00728. The molecule has 3 N–H and O–H groups in total. The second-order valence-corrected chi connectivity index (χ2v) is 9.92. The monoisotopic (exact) mass is 490 g/mol. The lowest BCUT2D eigenvalue weighted by atomic mass is 9.80. The van der Waals surface area contributed by atoms with Crippen molar-refractivity contribution in [2.75, 3.05) is 11.9 Å². The summed E-state index contributed by atoms with van der Waals surface area (Å²) in [5.41, 5.74) is 12.5. The second-order valence-electron chi connectivity index (χ2n) is 9.92. The lowest BCUT2D eigenvalue weighted by Gasteiger charge is -2.30. The van der Waals surface area contributed by atoms with E-state index in [1.54, 1.807) is 0 Å². The van der Waals surface area contributed by atoms with Crippen molar-refractivity contribution >= 4 is 11.7 Å². The fraction of sp³-hybridized carbons (Fsp3) is 0.242. The Morgan fingerprint density at radius 1 is 0.892 bits per heavy atom. The van der Waals surface area contributed by atoms with E-state index in [2.05, 4.69) is 103 Å². The Labute approximate surface area is 219 Å². The van der Waals surface area contributed by atoms with Crippen molar-refractivity contribution in [3.8, 4) is 22.3 Å². The summed E-state index contributed by atoms with van der Waals surface area (Å²) in [5.74, 6) is -0.811. The first-order valence-corrected chi connectivity index (χ1v) is 13.1. The Balaban J connectivity index is 1.59. The number of hydrogen-bond donors (Lipinski definition) is 3. The van der Waals surface area contributed by atoms with Gasteiger partial charge in [-0.15, -0.1) is 0 Å². The average molecular weight is 491 g/mol. The van der Waals surface area contributed by atoms with Gasteiger partial charge < -0.3 is 15.7 Å². The topological polar surface area (TPSA) is 61.4 Å². The first-order chi connectivity index (χ1) is 18.0. The van der Waals surface area contributed by atoms with E-state index in [0.717, 1.165) is 53.9 Å². The van der Waals surface area contributed by atoms with E-state index in [0.29, 0.717) is 6.54 Å². The lowest BCUT2D eigenvalue weighted by molar-refractivity contribution is -0.136. The summed E-state index contributed by atoms with van der Waals surface area (Å²) in [6.45, 7) is 6.43. The number of aliphatic carboxylic acids is 1. The highest BCUT2D eigenvalue weighted by Crippen LogP contribution is 2.46. The molecule has 4 nitrogen and oxygen atoms in total. The molecule has 0 bridgehead atoms. The van der Waals surface area contributed by atoms with Crippen molar-refractivity contribution in [2.45, 2.75) is 46.2 Å². The molecule has 5 rings (SSSR count). The molecular formula is C33H34N2O2. The van der Waals surface area contributed by atoms with Crippen LogP contribution in [0.1, 0.15) is 39.8 Å². The SMILES string of the molecule is Cc1ccc(-c2c(CC(=O)O)c(C)c3c(c2CNCCCc2ccccc2)-c2ccccc2CN3)cc1. The van der Waals surface area contributed by atoms with Crippen LogP contribution < -0.4 is 10.6 Å². The number of carbonyl (C=O) groups is 1. The fourth-order valence-electron chi connectivity index (χ4n) is 5.50. The van der Waals surface area contributed by atoms with Crippen LogP contribution in [-0.4, -0.2) is 17.6 Å². The quantitative estimate of drug-likeness (QED) is 0.223. The predicted molar refractivity (Wildman–Crippen MR) is 152 cm³/mol. The molecule has 0 unspecified atom stereocenters. The number of nitrogens with one attached hydrogen (secondary N) is 2. The first-order valence-electron chi connectivity index (χ1n) is 13.1. The van der Waals surface area contributed by atoms with Crippen molar-refractivity contribution in [3.63, 3.8) is 0 Å². The largest absolute Gasteiger partial charge is 0.481 e. The van der Waals surface area contributed by atoms with Crippen molar-refractivity contribution in [1.29, 1.82) is 0 Å². The van der Waals surface area contributed by atoms with Gasteiger partial charge in [-0.25, -0.2) is 0 Å². The Bertz CT molecular complexity index is 1410. The molecule has 0 saturated heterocycles. The molecule has 1 aliphatic rings. The molecule has 0 fully saturated rings. The Kier molecular flexibility index (Phi) is 7.38. The van der Waals surface area contributed by atoms with E-state index >= 15 is 0 Å². The minimum Gasteiger partial charge on any atom is -0.481 e. The van der Waals surface area contributed by atoms with Gasteiger partial charge in [-0.1, -0.05) is 84.4 Å². The van der Waals surface area contributed by atoms with E-state index in [-0.39, 0.29) is 6.42 Å². The Morgan fingerprint density at radius 3 is 2.38 bits per heavy atom. The van der Waals surface area contributed by atoms with Gasteiger partial charge in [-0.05, 0) is 77.7 Å². The molecule has 0 atom stereocenters. The molecular weight excluding hydrogens is 456 g/mol. The number of fused-ring (bicyclic) bond motifs is 3. The highest BCUT2D eigenvalue weighted by atomic mass is 16.4. The van der Waals surface area contributed by atoms with E-state index in [4.69, 9.17) is 0 Å². The van der Waals surface area contributed by atoms with Gasteiger partial charge in [0.25, 0.3) is 0 Å². The summed E-state index contributed by atoms with van der Waals surface area (Å²) in [7, 11) is 0. The van der Waals surface area contributed by atoms with Crippen LogP contribution in [0, 0.1) is 13.8 Å². The predicted octanol–water partition coefficient (Wildman–Crippen LogP) is 6.91. The van der Waals surface area contributed by atoms with Gasteiger partial charge >= 0.3 is 5.97 Å². The second kappa shape index (κ2) is 11.0. The molecule has 4 heteroatoms. The van der Waals surface area contributed by atoms with Crippen LogP contribution in [0.25, 0.3) is 22.3 Å². The first kappa shape index (κ1) is 24.8. The molecule has 0 aliphatic carbocycles. The number of hydrogen-bond acceptors (Lipinski definition) is 3. The van der Waals surface area contributed by atoms with E-state index in [9.17, 15) is 9.90 Å². The van der Waals surface area contributed by atoms with Crippen molar-refractivity contribution < 1.29 is 9.90 Å². The van der Waals surface area contributed by atoms with Crippen molar-refractivity contribution in [3.05, 3.63) is 112 Å². The third-order valence-corrected chi connectivity index (χ3v) is 7.36. The molecule has 1 aliphatic heterocycles. The molecule has 4 aromatic rings. The van der Waals surface area contributed by atoms with Gasteiger partial charge in [-0.3, -0.25) is 4.79 Å². The maximum Gasteiger partial charge on any atom is 0.307 e. The maximum atomic E-state index is 12.0. The van der Waals surface area contributed by atoms with E-state index in [1.807, 2.05) is 0 Å². The molecule has 4 aromatic carbocycles. The van der Waals surface area contributed by atoms with Crippen LogP contribution in [-0.2, 0) is 30.7 Å². The molecule has 37 heavy (non-hydrogen) atoms. The highest BCUT2D eigenvalue weighted by molar-refractivity contribution is 5.95. The van der Waals surface area contributed by atoms with Gasteiger partial charge in [0.15, 0.2) is 0 Å². The lowest BCUT2D eigenvalue weighted by Crippen LogP contribution is -2.21. The summed E-state index contributed by atoms with van der Waals surface area (Å²) in [5, 5.41) is 17.2. The number of anilines is 1. The Hall–Kier alpha value is -3.89. The highest BCUT2D eigenvalue weighted by Gasteiger charge is 2.27. The maximum absolute atomic E-state index is 12.0. The third-order valence-electron chi connectivity index (χ3n) is 7.36. The Morgan fingerprint density at radius 2 is 1.62 bits per heavy atom. The van der Waals surface area contributed by atoms with Crippen LogP contribution in [0.15, 0.2) is 78.9 Å². The molecule has 0 radical (unpaired) electrons. The minimum atomic E-state index is -0.811. The number of carboxylic acids is 1. The molecule has 0 amide bonds. The molecule has 1 heterocycles. The molecule has 0 saturated carbocycles. The number of carboxylic acid groups (broad SMARTS) is 1. The molecule has 0 aromatic heterocycles. The van der Waals surface area contributed by atoms with Gasteiger partial charge in [-0.2, -0.15) is 0 Å². The summed E-state index contributed by atoms with van der Waals surface area (Å²) in [4.78, 5) is 12.0. The number of benzene rings is 4. The van der Waals surface area contributed by atoms with Gasteiger partial charge in [0.2, 0.25) is 0 Å². The van der Waals surface area contributed by atoms with Gasteiger partial charge in [0.1, 0.15) is 0 Å². The van der Waals surface area contributed by atoms with Crippen LogP contribution in [0.3, 0.4) is 0 Å². The third kappa shape index (κ3) is 5.30. The molecule has 0 spiro atoms. The summed E-state index contributed by atoms with van der Waals surface area (Å²) in [6.07, 6.45) is 2.06. The van der Waals surface area contributed by atoms with Crippen LogP contribution in [0.5, 0.6) is 0 Å². The van der Waals surface area contributed by atoms with E-state index < -0.39 is 5.97 Å². The zero-order valence-corrected chi connectivity index (χ0v) is 21.6. The summed E-state index contributed by atoms with van der Waals surface area (Å²) < 4.78 is 0. The van der Waals surface area contributed by atoms with Crippen LogP contribution >= 0.6 is 0 Å². The molecule has 188 valence electrons. The normalized spacial score (nSPS) is 11.9. The standard InChI is InChI=1S/C33H34N2O2/c1-22-14-16-25(17-15-22)31-28(19-30(36)37)23(2)33-32(27-13-7-6-12-26(27)20-35-33)29(31)21-34-18-8-11-24-9-4-3-5-10-24/h3-7,9-10,12-17,34-35H,8,11,18-21H2,1-2H3,(H,36,37). The van der Waals surface area contributed by atoms with Gasteiger partial charge in [0, 0.05) is 24.3 Å². The fourth-order valence-corrected chi connectivity index (χ4v) is 5.50. The van der Waals surface area contributed by atoms with Gasteiger partial charge in [0.05, 0.1) is 6.42 Å². The van der Waals surface area contributed by atoms with Crippen molar-refractivity contribution in [2.24, 2.45) is 0 Å². The van der Waals surface area contributed by atoms with Crippen LogP contribution in [0.2, 0.25) is 0 Å². The number of aryl methyl sites for hydroxylation is 2.